The summed E-state index contributed by atoms with van der Waals surface area (Å²) < 4.78 is 5.00. The van der Waals surface area contributed by atoms with Gasteiger partial charge in [0.1, 0.15) is 6.61 Å². The number of carbonyl (C=O) groups is 1. The minimum absolute atomic E-state index is 0.0757. The van der Waals surface area contributed by atoms with Crippen LogP contribution in [0, 0.1) is 0 Å². The maximum Gasteiger partial charge on any atom is 0.407 e. The fraction of sp³-hybridized carbons (Fsp3) is 0.250. The number of ether oxygens (including phenoxy) is 1. The summed E-state index contributed by atoms with van der Waals surface area (Å²) in [6, 6.07) is 9.47. The summed E-state index contributed by atoms with van der Waals surface area (Å²) in [5.41, 5.74) is 0.971. The van der Waals surface area contributed by atoms with Gasteiger partial charge in [0.25, 0.3) is 0 Å². The largest absolute Gasteiger partial charge is 0.445 e. The number of amides is 1. The predicted octanol–water partition coefficient (Wildman–Crippen LogP) is 2.49. The van der Waals surface area contributed by atoms with Crippen molar-refractivity contribution in [2.75, 3.05) is 0 Å². The molecule has 1 aromatic carbocycles. The van der Waals surface area contributed by atoms with E-state index in [1.807, 2.05) is 37.3 Å². The molecule has 0 radical (unpaired) electrons. The summed E-state index contributed by atoms with van der Waals surface area (Å²) in [6.07, 6.45) is 1.22. The Bertz CT molecular complexity index is 322. The van der Waals surface area contributed by atoms with Gasteiger partial charge in [-0.25, -0.2) is 4.79 Å². The van der Waals surface area contributed by atoms with E-state index < -0.39 is 6.09 Å². The molecule has 3 nitrogen and oxygen atoms in total. The van der Waals surface area contributed by atoms with E-state index in [2.05, 4.69) is 11.9 Å². The van der Waals surface area contributed by atoms with E-state index in [-0.39, 0.29) is 12.6 Å². The van der Waals surface area contributed by atoms with Crippen molar-refractivity contribution in [2.24, 2.45) is 0 Å². The Labute approximate surface area is 89.8 Å². The third-order valence-electron chi connectivity index (χ3n) is 1.91. The number of hydrogen-bond donors (Lipinski definition) is 1. The third kappa shape index (κ3) is 4.31. The van der Waals surface area contributed by atoms with Crippen LogP contribution >= 0.6 is 0 Å². The number of nitrogens with one attached hydrogen (secondary N) is 1. The highest BCUT2D eigenvalue weighted by Gasteiger charge is 2.04. The van der Waals surface area contributed by atoms with Gasteiger partial charge in [-0.15, -0.1) is 6.58 Å². The summed E-state index contributed by atoms with van der Waals surface area (Å²) in [7, 11) is 0. The Morgan fingerprint density at radius 3 is 2.80 bits per heavy atom. The maximum absolute atomic E-state index is 11.2. The standard InChI is InChI=1S/C12H15NO2/c1-3-10(2)13-12(14)15-9-11-7-5-4-6-8-11/h3-8,10H,1,9H2,2H3,(H,13,14). The van der Waals surface area contributed by atoms with E-state index in [1.165, 1.54) is 0 Å². The van der Waals surface area contributed by atoms with Gasteiger partial charge in [-0.3, -0.25) is 0 Å². The fourth-order valence-corrected chi connectivity index (χ4v) is 1.01. The van der Waals surface area contributed by atoms with Crippen molar-refractivity contribution in [2.45, 2.75) is 19.6 Å². The zero-order chi connectivity index (χ0) is 11.1. The van der Waals surface area contributed by atoms with Crippen LogP contribution in [0.3, 0.4) is 0 Å². The monoisotopic (exact) mass is 205 g/mol. The molecular weight excluding hydrogens is 190 g/mol. The second kappa shape index (κ2) is 5.86. The van der Waals surface area contributed by atoms with Crippen LogP contribution in [0.1, 0.15) is 12.5 Å². The zero-order valence-electron chi connectivity index (χ0n) is 8.77. The molecule has 0 saturated carbocycles. The van der Waals surface area contributed by atoms with Gasteiger partial charge in [0.15, 0.2) is 0 Å². The van der Waals surface area contributed by atoms with Crippen molar-refractivity contribution >= 4 is 6.09 Å². The molecule has 0 saturated heterocycles. The van der Waals surface area contributed by atoms with Crippen LogP contribution in [-0.4, -0.2) is 12.1 Å². The molecule has 1 unspecified atom stereocenters. The van der Waals surface area contributed by atoms with Gasteiger partial charge >= 0.3 is 6.09 Å². The molecule has 1 rings (SSSR count). The molecule has 0 heterocycles. The number of hydrogen-bond acceptors (Lipinski definition) is 2. The molecule has 0 fully saturated rings. The molecule has 1 amide bonds. The number of benzene rings is 1. The highest BCUT2D eigenvalue weighted by atomic mass is 16.5. The molecule has 15 heavy (non-hydrogen) atoms. The molecule has 0 aliphatic heterocycles. The first kappa shape index (κ1) is 11.3. The van der Waals surface area contributed by atoms with Gasteiger partial charge < -0.3 is 10.1 Å². The number of carbonyl (C=O) groups excluding carboxylic acids is 1. The Balaban J connectivity index is 2.31. The van der Waals surface area contributed by atoms with Crippen LogP contribution in [0.15, 0.2) is 43.0 Å². The number of rotatable bonds is 4. The molecule has 80 valence electrons. The van der Waals surface area contributed by atoms with Crippen molar-refractivity contribution in [3.8, 4) is 0 Å². The van der Waals surface area contributed by atoms with Crippen molar-refractivity contribution < 1.29 is 9.53 Å². The highest BCUT2D eigenvalue weighted by Crippen LogP contribution is 2.00. The Hall–Kier alpha value is -1.77. The summed E-state index contributed by atoms with van der Waals surface area (Å²) in [6.45, 7) is 5.68. The van der Waals surface area contributed by atoms with Crippen molar-refractivity contribution in [3.63, 3.8) is 0 Å². The smallest absolute Gasteiger partial charge is 0.407 e. The molecule has 1 N–H and O–H groups in total. The number of alkyl carbamates (subject to hydrolysis) is 1. The molecule has 0 aliphatic carbocycles. The second-order valence-corrected chi connectivity index (χ2v) is 3.23. The lowest BCUT2D eigenvalue weighted by Crippen LogP contribution is -2.31. The zero-order valence-corrected chi connectivity index (χ0v) is 8.77. The van der Waals surface area contributed by atoms with Crippen LogP contribution in [0.4, 0.5) is 4.79 Å². The molecule has 0 aliphatic rings. The van der Waals surface area contributed by atoms with Crippen molar-refractivity contribution in [3.05, 3.63) is 48.6 Å². The lowest BCUT2D eigenvalue weighted by Gasteiger charge is -2.09. The summed E-state index contributed by atoms with van der Waals surface area (Å²) in [5, 5.41) is 2.62. The van der Waals surface area contributed by atoms with E-state index in [0.717, 1.165) is 5.56 Å². The van der Waals surface area contributed by atoms with E-state index in [1.54, 1.807) is 6.08 Å². The lowest BCUT2D eigenvalue weighted by molar-refractivity contribution is 0.138. The molecule has 0 spiro atoms. The average Bonchev–Trinajstić information content (AvgIpc) is 2.27. The van der Waals surface area contributed by atoms with Gasteiger partial charge in [-0.2, -0.15) is 0 Å². The Morgan fingerprint density at radius 2 is 2.20 bits per heavy atom. The molecule has 0 aromatic heterocycles. The van der Waals surface area contributed by atoms with E-state index in [0.29, 0.717) is 0 Å². The third-order valence-corrected chi connectivity index (χ3v) is 1.91. The minimum atomic E-state index is -0.425. The Kier molecular flexibility index (Phi) is 4.41. The normalized spacial score (nSPS) is 11.5. The minimum Gasteiger partial charge on any atom is -0.445 e. The van der Waals surface area contributed by atoms with Gasteiger partial charge in [0, 0.05) is 6.04 Å². The Morgan fingerprint density at radius 1 is 1.53 bits per heavy atom. The van der Waals surface area contributed by atoms with Crippen LogP contribution < -0.4 is 5.32 Å². The molecule has 1 atom stereocenters. The quantitative estimate of drug-likeness (QED) is 0.767. The van der Waals surface area contributed by atoms with Crippen LogP contribution in [-0.2, 0) is 11.3 Å². The van der Waals surface area contributed by atoms with E-state index in [4.69, 9.17) is 4.74 Å². The van der Waals surface area contributed by atoms with Gasteiger partial charge in [-0.05, 0) is 12.5 Å². The first-order valence-electron chi connectivity index (χ1n) is 4.82. The lowest BCUT2D eigenvalue weighted by atomic mass is 10.2. The first-order chi connectivity index (χ1) is 7.22. The summed E-state index contributed by atoms with van der Waals surface area (Å²) >= 11 is 0. The van der Waals surface area contributed by atoms with Crippen LogP contribution in [0.25, 0.3) is 0 Å². The SMILES string of the molecule is C=CC(C)NC(=O)OCc1ccccc1. The van der Waals surface area contributed by atoms with Crippen molar-refractivity contribution in [1.29, 1.82) is 0 Å². The fourth-order valence-electron chi connectivity index (χ4n) is 1.01. The first-order valence-corrected chi connectivity index (χ1v) is 4.82. The summed E-state index contributed by atoms with van der Waals surface area (Å²) in [5.74, 6) is 0. The van der Waals surface area contributed by atoms with E-state index in [9.17, 15) is 4.79 Å². The molecule has 1 aromatic rings. The van der Waals surface area contributed by atoms with Crippen molar-refractivity contribution in [1.82, 2.24) is 5.32 Å². The second-order valence-electron chi connectivity index (χ2n) is 3.23. The molecule has 0 bridgehead atoms. The average molecular weight is 205 g/mol. The predicted molar refractivity (Wildman–Crippen MR) is 59.4 cm³/mol. The van der Waals surface area contributed by atoms with Crippen LogP contribution in [0.5, 0.6) is 0 Å². The van der Waals surface area contributed by atoms with Crippen LogP contribution in [0.2, 0.25) is 0 Å². The highest BCUT2D eigenvalue weighted by molar-refractivity contribution is 5.67. The van der Waals surface area contributed by atoms with Gasteiger partial charge in [0.2, 0.25) is 0 Å². The molecule has 3 heteroatoms. The van der Waals surface area contributed by atoms with Gasteiger partial charge in [-0.1, -0.05) is 36.4 Å². The van der Waals surface area contributed by atoms with E-state index >= 15 is 0 Å². The topological polar surface area (TPSA) is 38.3 Å². The van der Waals surface area contributed by atoms with Gasteiger partial charge in [0.05, 0.1) is 0 Å². The molecular formula is C12H15NO2. The maximum atomic E-state index is 11.2. The summed E-state index contributed by atoms with van der Waals surface area (Å²) in [4.78, 5) is 11.2.